The van der Waals surface area contributed by atoms with E-state index in [9.17, 15) is 19.5 Å². The highest BCUT2D eigenvalue weighted by atomic mass is 32.1. The molecular formula is C29H22N2O6S. The van der Waals surface area contributed by atoms with Crippen LogP contribution in [0.15, 0.2) is 90.5 Å². The van der Waals surface area contributed by atoms with Gasteiger partial charge in [0.15, 0.2) is 5.13 Å². The molecule has 5 rings (SSSR count). The minimum atomic E-state index is -1.02. The van der Waals surface area contributed by atoms with Crippen LogP contribution < -0.4 is 9.64 Å². The van der Waals surface area contributed by atoms with Crippen molar-refractivity contribution in [1.82, 2.24) is 4.98 Å². The van der Waals surface area contributed by atoms with E-state index in [1.165, 1.54) is 12.0 Å². The van der Waals surface area contributed by atoms with E-state index in [-0.39, 0.29) is 21.3 Å². The number of aliphatic hydroxyl groups excluding tert-OH is 1. The zero-order chi connectivity index (χ0) is 26.8. The molecule has 9 heteroatoms. The van der Waals surface area contributed by atoms with Gasteiger partial charge in [-0.2, -0.15) is 0 Å². The number of aromatic nitrogens is 1. The van der Waals surface area contributed by atoms with Gasteiger partial charge in [0.2, 0.25) is 0 Å². The lowest BCUT2D eigenvalue weighted by Gasteiger charge is -2.23. The molecule has 1 aromatic heterocycles. The van der Waals surface area contributed by atoms with Gasteiger partial charge in [-0.3, -0.25) is 14.5 Å². The summed E-state index contributed by atoms with van der Waals surface area (Å²) in [6.45, 7) is 1.62. The van der Waals surface area contributed by atoms with Gasteiger partial charge in [-0.25, -0.2) is 9.78 Å². The molecule has 0 aliphatic carbocycles. The number of amides is 1. The van der Waals surface area contributed by atoms with Crippen molar-refractivity contribution in [2.24, 2.45) is 0 Å². The molecule has 1 aliphatic rings. The van der Waals surface area contributed by atoms with Crippen LogP contribution in [0, 0.1) is 6.92 Å². The van der Waals surface area contributed by atoms with Crippen LogP contribution in [0.25, 0.3) is 5.76 Å². The van der Waals surface area contributed by atoms with Gasteiger partial charge in [-0.15, -0.1) is 0 Å². The van der Waals surface area contributed by atoms with Crippen LogP contribution in [0.3, 0.4) is 0 Å². The highest BCUT2D eigenvalue weighted by Crippen LogP contribution is 2.44. The number of aliphatic hydroxyl groups is 1. The van der Waals surface area contributed by atoms with Crippen molar-refractivity contribution in [3.63, 3.8) is 0 Å². The number of para-hydroxylation sites is 1. The largest absolute Gasteiger partial charge is 0.507 e. The Morgan fingerprint density at radius 3 is 2.29 bits per heavy atom. The van der Waals surface area contributed by atoms with Gasteiger partial charge < -0.3 is 14.6 Å². The van der Waals surface area contributed by atoms with Gasteiger partial charge in [0.1, 0.15) is 22.1 Å². The molecule has 38 heavy (non-hydrogen) atoms. The number of carbonyl (C=O) groups is 3. The molecule has 0 bridgehead atoms. The normalized spacial score (nSPS) is 16.5. The number of nitrogens with zero attached hydrogens (tertiary/aromatic N) is 2. The van der Waals surface area contributed by atoms with Crippen molar-refractivity contribution in [2.75, 3.05) is 12.0 Å². The first-order valence-electron chi connectivity index (χ1n) is 11.6. The lowest BCUT2D eigenvalue weighted by molar-refractivity contribution is -0.132. The maximum absolute atomic E-state index is 13.4. The number of aryl methyl sites for hydroxylation is 1. The molecule has 1 N–H and O–H groups in total. The number of hydrogen-bond donors (Lipinski definition) is 1. The number of ether oxygens (including phenoxy) is 2. The van der Waals surface area contributed by atoms with Gasteiger partial charge in [0.25, 0.3) is 5.78 Å². The minimum absolute atomic E-state index is 0.0921. The van der Waals surface area contributed by atoms with Crippen molar-refractivity contribution in [1.29, 1.82) is 0 Å². The Morgan fingerprint density at radius 1 is 0.947 bits per heavy atom. The van der Waals surface area contributed by atoms with Crippen molar-refractivity contribution >= 4 is 39.9 Å². The first-order chi connectivity index (χ1) is 18.4. The van der Waals surface area contributed by atoms with Gasteiger partial charge in [0.05, 0.1) is 24.4 Å². The molecule has 3 aromatic carbocycles. The van der Waals surface area contributed by atoms with E-state index in [1.54, 1.807) is 73.7 Å². The Hall–Kier alpha value is -4.76. The third-order valence-electron chi connectivity index (χ3n) is 6.01. The first-order valence-corrected chi connectivity index (χ1v) is 12.5. The number of methoxy groups -OCH3 is 1. The third kappa shape index (κ3) is 4.55. The molecule has 4 aromatic rings. The van der Waals surface area contributed by atoms with Crippen LogP contribution >= 0.6 is 11.3 Å². The number of thiazole rings is 1. The minimum Gasteiger partial charge on any atom is -0.507 e. The second kappa shape index (κ2) is 10.3. The van der Waals surface area contributed by atoms with E-state index in [0.29, 0.717) is 28.3 Å². The number of carbonyl (C=O) groups excluding carboxylic acids is 3. The molecular weight excluding hydrogens is 504 g/mol. The Labute approximate surface area is 222 Å². The number of ketones is 1. The van der Waals surface area contributed by atoms with Crippen LogP contribution in [0.5, 0.6) is 11.5 Å². The highest BCUT2D eigenvalue weighted by molar-refractivity contribution is 7.17. The smallest absolute Gasteiger partial charge is 0.350 e. The average Bonchev–Trinajstić information content (AvgIpc) is 3.45. The van der Waals surface area contributed by atoms with E-state index in [2.05, 4.69) is 4.98 Å². The van der Waals surface area contributed by atoms with Crippen molar-refractivity contribution < 1.29 is 29.0 Å². The van der Waals surface area contributed by atoms with Crippen molar-refractivity contribution in [2.45, 2.75) is 13.0 Å². The Bertz CT molecular complexity index is 1560. The topological polar surface area (TPSA) is 106 Å². The fraction of sp³-hybridized carbons (Fsp3) is 0.103. The monoisotopic (exact) mass is 526 g/mol. The average molecular weight is 527 g/mol. The summed E-state index contributed by atoms with van der Waals surface area (Å²) < 4.78 is 10.8. The van der Waals surface area contributed by atoms with E-state index >= 15 is 0 Å². The molecule has 1 aliphatic heterocycles. The maximum Gasteiger partial charge on any atom is 0.350 e. The molecule has 1 fully saturated rings. The van der Waals surface area contributed by atoms with Crippen LogP contribution in [0.2, 0.25) is 0 Å². The standard InChI is InChI=1S/C29H22N2O6S/c1-17-26(28(35)36-2)38-29(30-17)31-23(19-12-9-15-21(16-19)37-20-13-7-4-8-14-20)22(25(33)27(31)34)24(32)18-10-5-3-6-11-18/h3-16,23,32H,1-2H3/b24-22+. The summed E-state index contributed by atoms with van der Waals surface area (Å²) in [6.07, 6.45) is 0. The summed E-state index contributed by atoms with van der Waals surface area (Å²) in [7, 11) is 1.26. The summed E-state index contributed by atoms with van der Waals surface area (Å²) >= 11 is 0.942. The Balaban J connectivity index is 1.67. The van der Waals surface area contributed by atoms with Crippen molar-refractivity contribution in [3.8, 4) is 11.5 Å². The maximum atomic E-state index is 13.4. The molecule has 1 atom stereocenters. The number of rotatable bonds is 6. The predicted octanol–water partition coefficient (Wildman–Crippen LogP) is 5.66. The molecule has 0 radical (unpaired) electrons. The number of anilines is 1. The SMILES string of the molecule is COC(=O)c1sc(N2C(=O)C(=O)/C(=C(/O)c3ccccc3)C2c2cccc(Oc3ccccc3)c2)nc1C. The fourth-order valence-electron chi connectivity index (χ4n) is 4.24. The predicted molar refractivity (Wildman–Crippen MR) is 142 cm³/mol. The molecule has 190 valence electrons. The third-order valence-corrected chi connectivity index (χ3v) is 7.14. The van der Waals surface area contributed by atoms with Crippen molar-refractivity contribution in [3.05, 3.63) is 112 Å². The lowest BCUT2D eigenvalue weighted by atomic mass is 9.95. The molecule has 1 saturated heterocycles. The molecule has 1 unspecified atom stereocenters. The van der Waals surface area contributed by atoms with Gasteiger partial charge in [0, 0.05) is 5.56 Å². The number of benzene rings is 3. The zero-order valence-electron chi connectivity index (χ0n) is 20.5. The molecule has 2 heterocycles. The number of esters is 1. The number of Topliss-reactive ketones (excluding diaryl/α,β-unsaturated/α-hetero) is 1. The van der Waals surface area contributed by atoms with Crippen LogP contribution in [0.4, 0.5) is 5.13 Å². The van der Waals surface area contributed by atoms with Gasteiger partial charge >= 0.3 is 11.9 Å². The molecule has 1 amide bonds. The highest BCUT2D eigenvalue weighted by Gasteiger charge is 2.48. The molecule has 0 saturated carbocycles. The van der Waals surface area contributed by atoms with Gasteiger partial charge in [-0.05, 0) is 36.8 Å². The quantitative estimate of drug-likeness (QED) is 0.150. The number of hydrogen-bond acceptors (Lipinski definition) is 8. The van der Waals surface area contributed by atoms with E-state index in [1.807, 2.05) is 18.2 Å². The van der Waals surface area contributed by atoms with Crippen LogP contribution in [0.1, 0.15) is 32.5 Å². The van der Waals surface area contributed by atoms with Crippen LogP contribution in [-0.4, -0.2) is 34.9 Å². The first kappa shape index (κ1) is 24.9. The Kier molecular flexibility index (Phi) is 6.76. The molecule has 8 nitrogen and oxygen atoms in total. The second-order valence-electron chi connectivity index (χ2n) is 8.43. The Morgan fingerprint density at radius 2 is 1.61 bits per heavy atom. The van der Waals surface area contributed by atoms with Gasteiger partial charge in [-0.1, -0.05) is 72.0 Å². The summed E-state index contributed by atoms with van der Waals surface area (Å²) in [5.74, 6) is -1.55. The summed E-state index contributed by atoms with van der Waals surface area (Å²) in [5, 5.41) is 11.4. The van der Waals surface area contributed by atoms with E-state index in [4.69, 9.17) is 9.47 Å². The molecule has 0 spiro atoms. The summed E-state index contributed by atoms with van der Waals surface area (Å²) in [6, 6.07) is 23.6. The lowest BCUT2D eigenvalue weighted by Crippen LogP contribution is -2.29. The second-order valence-corrected chi connectivity index (χ2v) is 9.40. The zero-order valence-corrected chi connectivity index (χ0v) is 21.3. The van der Waals surface area contributed by atoms with E-state index < -0.39 is 23.7 Å². The summed E-state index contributed by atoms with van der Waals surface area (Å²) in [4.78, 5) is 44.9. The fourth-order valence-corrected chi connectivity index (χ4v) is 5.25. The summed E-state index contributed by atoms with van der Waals surface area (Å²) in [5.41, 5.74) is 1.17. The van der Waals surface area contributed by atoms with Crippen LogP contribution in [-0.2, 0) is 14.3 Å². The van der Waals surface area contributed by atoms with E-state index in [0.717, 1.165) is 11.3 Å².